The standard InChI is InChI=1S/C19H23N3O3/c23-17-12-20-10-16(17)11-22-18(24)7-8-21-19(25)15-6-5-13-3-1-2-4-14(13)9-15/h1-6,9,16-17,20,23H,7-8,10-12H2,(H,21,25)(H,22,24). The third-order valence-electron chi connectivity index (χ3n) is 4.51. The average Bonchev–Trinajstić information content (AvgIpc) is 3.04. The second kappa shape index (κ2) is 8.09. The van der Waals surface area contributed by atoms with Crippen molar-refractivity contribution in [1.29, 1.82) is 0 Å². The molecule has 3 rings (SSSR count). The molecule has 2 unspecified atom stereocenters. The van der Waals surface area contributed by atoms with Crippen molar-refractivity contribution >= 4 is 22.6 Å². The lowest BCUT2D eigenvalue weighted by molar-refractivity contribution is -0.121. The highest BCUT2D eigenvalue weighted by Crippen LogP contribution is 2.15. The molecule has 0 aliphatic carbocycles. The molecule has 0 spiro atoms. The molecule has 1 fully saturated rings. The average molecular weight is 341 g/mol. The largest absolute Gasteiger partial charge is 0.391 e. The van der Waals surface area contributed by atoms with Gasteiger partial charge in [0.2, 0.25) is 5.91 Å². The molecule has 1 aliphatic heterocycles. The van der Waals surface area contributed by atoms with E-state index >= 15 is 0 Å². The van der Waals surface area contributed by atoms with E-state index in [0.717, 1.165) is 10.8 Å². The minimum absolute atomic E-state index is 0.0520. The molecule has 6 heteroatoms. The number of fused-ring (bicyclic) bond motifs is 1. The number of hydrogen-bond acceptors (Lipinski definition) is 4. The maximum Gasteiger partial charge on any atom is 0.251 e. The molecule has 132 valence electrons. The van der Waals surface area contributed by atoms with Crippen LogP contribution in [0.5, 0.6) is 0 Å². The number of aliphatic hydroxyl groups is 1. The summed E-state index contributed by atoms with van der Waals surface area (Å²) in [5.41, 5.74) is 0.583. The highest BCUT2D eigenvalue weighted by Gasteiger charge is 2.24. The first kappa shape index (κ1) is 17.4. The lowest BCUT2D eigenvalue weighted by atomic mass is 10.1. The van der Waals surface area contributed by atoms with Gasteiger partial charge in [0.05, 0.1) is 6.10 Å². The molecule has 2 aromatic rings. The Bertz CT molecular complexity index is 762. The number of amides is 2. The Morgan fingerprint density at radius 3 is 2.64 bits per heavy atom. The summed E-state index contributed by atoms with van der Waals surface area (Å²) in [5.74, 6) is -0.261. The van der Waals surface area contributed by atoms with Crippen LogP contribution in [0, 0.1) is 5.92 Å². The highest BCUT2D eigenvalue weighted by atomic mass is 16.3. The third-order valence-corrected chi connectivity index (χ3v) is 4.51. The van der Waals surface area contributed by atoms with Gasteiger partial charge in [0.25, 0.3) is 5.91 Å². The Hall–Kier alpha value is -2.44. The van der Waals surface area contributed by atoms with Crippen molar-refractivity contribution in [1.82, 2.24) is 16.0 Å². The molecule has 2 amide bonds. The molecule has 2 aromatic carbocycles. The van der Waals surface area contributed by atoms with Crippen LogP contribution < -0.4 is 16.0 Å². The molecule has 25 heavy (non-hydrogen) atoms. The van der Waals surface area contributed by atoms with E-state index in [-0.39, 0.29) is 30.7 Å². The molecular weight excluding hydrogens is 318 g/mol. The summed E-state index contributed by atoms with van der Waals surface area (Å²) < 4.78 is 0. The van der Waals surface area contributed by atoms with Crippen LogP contribution in [-0.4, -0.2) is 49.2 Å². The zero-order valence-corrected chi connectivity index (χ0v) is 14.0. The molecule has 1 saturated heterocycles. The normalized spacial score (nSPS) is 19.7. The van der Waals surface area contributed by atoms with Crippen LogP contribution in [0.4, 0.5) is 0 Å². The SMILES string of the molecule is O=C(CCNC(=O)c1ccc2ccccc2c1)NCC1CNCC1O. The van der Waals surface area contributed by atoms with Crippen molar-refractivity contribution < 1.29 is 14.7 Å². The van der Waals surface area contributed by atoms with Crippen LogP contribution >= 0.6 is 0 Å². The van der Waals surface area contributed by atoms with E-state index in [2.05, 4.69) is 16.0 Å². The summed E-state index contributed by atoms with van der Waals surface area (Å²) in [4.78, 5) is 24.0. The number of hydrogen-bond donors (Lipinski definition) is 4. The van der Waals surface area contributed by atoms with E-state index in [1.165, 1.54) is 0 Å². The lowest BCUT2D eigenvalue weighted by Crippen LogP contribution is -2.36. The summed E-state index contributed by atoms with van der Waals surface area (Å²) in [6.07, 6.45) is -0.192. The second-order valence-electron chi connectivity index (χ2n) is 6.36. The number of carbonyl (C=O) groups excluding carboxylic acids is 2. The van der Waals surface area contributed by atoms with Crippen molar-refractivity contribution in [2.24, 2.45) is 5.92 Å². The number of benzene rings is 2. The van der Waals surface area contributed by atoms with Crippen molar-refractivity contribution in [3.8, 4) is 0 Å². The van der Waals surface area contributed by atoms with Crippen LogP contribution in [0.25, 0.3) is 10.8 Å². The van der Waals surface area contributed by atoms with Gasteiger partial charge in [-0.3, -0.25) is 9.59 Å². The zero-order valence-electron chi connectivity index (χ0n) is 14.0. The predicted molar refractivity (Wildman–Crippen MR) is 96.3 cm³/mol. The summed E-state index contributed by atoms with van der Waals surface area (Å²) in [7, 11) is 0. The van der Waals surface area contributed by atoms with E-state index in [4.69, 9.17) is 0 Å². The molecule has 0 aromatic heterocycles. The first-order valence-electron chi connectivity index (χ1n) is 8.56. The van der Waals surface area contributed by atoms with Gasteiger partial charge in [0.15, 0.2) is 0 Å². The maximum absolute atomic E-state index is 12.2. The fourth-order valence-electron chi connectivity index (χ4n) is 2.98. The quantitative estimate of drug-likeness (QED) is 0.621. The Kier molecular flexibility index (Phi) is 5.63. The van der Waals surface area contributed by atoms with Crippen molar-refractivity contribution in [2.45, 2.75) is 12.5 Å². The van der Waals surface area contributed by atoms with Gasteiger partial charge in [-0.25, -0.2) is 0 Å². The first-order chi connectivity index (χ1) is 12.1. The van der Waals surface area contributed by atoms with E-state index in [1.807, 2.05) is 36.4 Å². The van der Waals surface area contributed by atoms with Gasteiger partial charge in [-0.05, 0) is 22.9 Å². The molecule has 0 radical (unpaired) electrons. The van der Waals surface area contributed by atoms with Gasteiger partial charge in [0.1, 0.15) is 0 Å². The van der Waals surface area contributed by atoms with E-state index in [1.54, 1.807) is 6.07 Å². The molecule has 1 heterocycles. The second-order valence-corrected chi connectivity index (χ2v) is 6.36. The van der Waals surface area contributed by atoms with E-state index < -0.39 is 6.10 Å². The van der Waals surface area contributed by atoms with Crippen molar-refractivity contribution in [3.05, 3.63) is 48.0 Å². The summed E-state index contributed by atoms with van der Waals surface area (Å²) >= 11 is 0. The third kappa shape index (κ3) is 4.55. The number of nitrogens with one attached hydrogen (secondary N) is 3. The van der Waals surface area contributed by atoms with Crippen LogP contribution in [0.1, 0.15) is 16.8 Å². The Morgan fingerprint density at radius 2 is 1.88 bits per heavy atom. The van der Waals surface area contributed by atoms with E-state index in [0.29, 0.717) is 25.2 Å². The molecule has 2 atom stereocenters. The molecule has 6 nitrogen and oxygen atoms in total. The molecule has 0 bridgehead atoms. The maximum atomic E-state index is 12.2. The van der Waals surface area contributed by atoms with Crippen molar-refractivity contribution in [2.75, 3.05) is 26.2 Å². The Labute approximate surface area is 146 Å². The van der Waals surface area contributed by atoms with Crippen LogP contribution in [0.15, 0.2) is 42.5 Å². The molecule has 0 saturated carbocycles. The lowest BCUT2D eigenvalue weighted by Gasteiger charge is -2.14. The minimum atomic E-state index is -0.409. The summed E-state index contributed by atoms with van der Waals surface area (Å²) in [6.45, 7) is 2.01. The van der Waals surface area contributed by atoms with Gasteiger partial charge in [0, 0.05) is 44.1 Å². The Balaban J connectivity index is 1.43. The fraction of sp³-hybridized carbons (Fsp3) is 0.368. The minimum Gasteiger partial charge on any atom is -0.391 e. The van der Waals surface area contributed by atoms with Crippen LogP contribution in [0.2, 0.25) is 0 Å². The zero-order chi connectivity index (χ0) is 17.6. The molecule has 4 N–H and O–H groups in total. The number of β-amino-alcohol motifs (C(OH)–C–C–N with tert-alkyl or cyclic N) is 1. The number of aliphatic hydroxyl groups excluding tert-OH is 1. The predicted octanol–water partition coefficient (Wildman–Crippen LogP) is 0.656. The topological polar surface area (TPSA) is 90.5 Å². The van der Waals surface area contributed by atoms with Gasteiger partial charge in [-0.2, -0.15) is 0 Å². The molecule has 1 aliphatic rings. The summed E-state index contributed by atoms with van der Waals surface area (Å²) in [6, 6.07) is 13.4. The van der Waals surface area contributed by atoms with Gasteiger partial charge in [-0.1, -0.05) is 30.3 Å². The monoisotopic (exact) mass is 341 g/mol. The van der Waals surface area contributed by atoms with Gasteiger partial charge >= 0.3 is 0 Å². The fourth-order valence-corrected chi connectivity index (χ4v) is 2.98. The molecular formula is C19H23N3O3. The van der Waals surface area contributed by atoms with Crippen LogP contribution in [-0.2, 0) is 4.79 Å². The first-order valence-corrected chi connectivity index (χ1v) is 8.56. The van der Waals surface area contributed by atoms with Gasteiger partial charge in [-0.15, -0.1) is 0 Å². The Morgan fingerprint density at radius 1 is 1.08 bits per heavy atom. The number of rotatable bonds is 6. The van der Waals surface area contributed by atoms with Gasteiger partial charge < -0.3 is 21.1 Å². The summed E-state index contributed by atoms with van der Waals surface area (Å²) in [5, 5.41) is 20.4. The highest BCUT2D eigenvalue weighted by molar-refractivity contribution is 5.98. The smallest absolute Gasteiger partial charge is 0.251 e. The van der Waals surface area contributed by atoms with Crippen LogP contribution in [0.3, 0.4) is 0 Å². The van der Waals surface area contributed by atoms with Crippen molar-refractivity contribution in [3.63, 3.8) is 0 Å². The number of carbonyl (C=O) groups is 2. The van der Waals surface area contributed by atoms with E-state index in [9.17, 15) is 14.7 Å².